The number of halogens is 1. The summed E-state index contributed by atoms with van der Waals surface area (Å²) in [6.07, 6.45) is 9.27. The summed E-state index contributed by atoms with van der Waals surface area (Å²) in [5, 5.41) is 6.91. The second-order valence-electron chi connectivity index (χ2n) is 8.08. The van der Waals surface area contributed by atoms with Gasteiger partial charge in [-0.25, -0.2) is 4.39 Å². The Kier molecular flexibility index (Phi) is 7.95. The highest BCUT2D eigenvalue weighted by Crippen LogP contribution is 2.25. The van der Waals surface area contributed by atoms with Crippen LogP contribution in [0.25, 0.3) is 0 Å². The summed E-state index contributed by atoms with van der Waals surface area (Å²) in [5.74, 6) is 1.25. The molecule has 1 aliphatic heterocycles. The van der Waals surface area contributed by atoms with E-state index in [9.17, 15) is 4.39 Å². The van der Waals surface area contributed by atoms with Gasteiger partial charge in [0.2, 0.25) is 0 Å². The quantitative estimate of drug-likeness (QED) is 0.576. The summed E-state index contributed by atoms with van der Waals surface area (Å²) in [6, 6.07) is 7.42. The van der Waals surface area contributed by atoms with Crippen molar-refractivity contribution in [2.75, 3.05) is 26.7 Å². The number of hydrogen-bond acceptors (Lipinski definition) is 3. The van der Waals surface area contributed by atoms with Crippen molar-refractivity contribution in [3.8, 4) is 5.75 Å². The molecule has 1 saturated heterocycles. The summed E-state index contributed by atoms with van der Waals surface area (Å²) in [4.78, 5) is 7.06. The predicted octanol–water partition coefficient (Wildman–Crippen LogP) is 3.56. The molecule has 156 valence electrons. The summed E-state index contributed by atoms with van der Waals surface area (Å²) in [7, 11) is 1.80. The van der Waals surface area contributed by atoms with Crippen LogP contribution in [0.2, 0.25) is 0 Å². The van der Waals surface area contributed by atoms with Crippen molar-refractivity contribution in [1.29, 1.82) is 0 Å². The van der Waals surface area contributed by atoms with E-state index in [0.29, 0.717) is 18.3 Å². The first-order valence-corrected chi connectivity index (χ1v) is 10.8. The monoisotopic (exact) mass is 390 g/mol. The van der Waals surface area contributed by atoms with Gasteiger partial charge in [0.15, 0.2) is 5.96 Å². The molecule has 0 spiro atoms. The standard InChI is InChI=1S/C22H35FN4O/c1-17(28-21-10-8-18(23)9-11-21)16-25-22(24-2)26-19-12-14-27(15-13-19)20-6-4-3-5-7-20/h8-11,17,19-20H,3-7,12-16H2,1-2H3,(H2,24,25,26). The van der Waals surface area contributed by atoms with Crippen LogP contribution in [-0.2, 0) is 0 Å². The van der Waals surface area contributed by atoms with Gasteiger partial charge in [0, 0.05) is 32.2 Å². The number of aliphatic imine (C=N–C) groups is 1. The summed E-state index contributed by atoms with van der Waals surface area (Å²) < 4.78 is 18.8. The van der Waals surface area contributed by atoms with E-state index in [-0.39, 0.29) is 11.9 Å². The number of nitrogens with one attached hydrogen (secondary N) is 2. The molecule has 1 atom stereocenters. The van der Waals surface area contributed by atoms with Crippen molar-refractivity contribution >= 4 is 5.96 Å². The first-order valence-electron chi connectivity index (χ1n) is 10.8. The summed E-state index contributed by atoms with van der Waals surface area (Å²) in [5.41, 5.74) is 0. The molecule has 6 heteroatoms. The molecule has 2 fully saturated rings. The van der Waals surface area contributed by atoms with Gasteiger partial charge in [-0.2, -0.15) is 0 Å². The Morgan fingerprint density at radius 2 is 1.82 bits per heavy atom. The van der Waals surface area contributed by atoms with Gasteiger partial charge in [-0.05, 0) is 56.9 Å². The summed E-state index contributed by atoms with van der Waals surface area (Å²) >= 11 is 0. The Hall–Kier alpha value is -1.82. The average Bonchev–Trinajstić information content (AvgIpc) is 2.74. The second-order valence-corrected chi connectivity index (χ2v) is 8.08. The van der Waals surface area contributed by atoms with E-state index >= 15 is 0 Å². The maximum Gasteiger partial charge on any atom is 0.191 e. The minimum absolute atomic E-state index is 0.0443. The average molecular weight is 391 g/mol. The van der Waals surface area contributed by atoms with Crippen LogP contribution < -0.4 is 15.4 Å². The number of guanidine groups is 1. The number of benzene rings is 1. The lowest BCUT2D eigenvalue weighted by molar-refractivity contribution is 0.119. The third kappa shape index (κ3) is 6.36. The summed E-state index contributed by atoms with van der Waals surface area (Å²) in [6.45, 7) is 5.00. The Morgan fingerprint density at radius 3 is 2.46 bits per heavy atom. The maximum absolute atomic E-state index is 13.0. The molecular weight excluding hydrogens is 355 g/mol. The third-order valence-corrected chi connectivity index (χ3v) is 5.89. The second kappa shape index (κ2) is 10.6. The van der Waals surface area contributed by atoms with Crippen molar-refractivity contribution in [2.24, 2.45) is 4.99 Å². The molecule has 2 aliphatic rings. The van der Waals surface area contributed by atoms with Gasteiger partial charge in [-0.15, -0.1) is 0 Å². The van der Waals surface area contributed by atoms with Crippen molar-refractivity contribution < 1.29 is 9.13 Å². The number of likely N-dealkylation sites (tertiary alicyclic amines) is 1. The zero-order chi connectivity index (χ0) is 19.8. The first-order chi connectivity index (χ1) is 13.6. The number of hydrogen-bond donors (Lipinski definition) is 2. The van der Waals surface area contributed by atoms with E-state index in [1.165, 1.54) is 70.2 Å². The molecule has 5 nitrogen and oxygen atoms in total. The SMILES string of the molecule is CN=C(NCC(C)Oc1ccc(F)cc1)NC1CCN(C2CCCCC2)CC1. The Bertz CT molecular complexity index is 607. The Balaban J connectivity index is 1.37. The van der Waals surface area contributed by atoms with Crippen LogP contribution >= 0.6 is 0 Å². The zero-order valence-corrected chi connectivity index (χ0v) is 17.3. The molecule has 1 heterocycles. The number of piperidine rings is 1. The van der Waals surface area contributed by atoms with E-state index in [1.54, 1.807) is 19.2 Å². The molecule has 3 rings (SSSR count). The van der Waals surface area contributed by atoms with Gasteiger partial charge in [0.05, 0.1) is 6.54 Å². The highest BCUT2D eigenvalue weighted by molar-refractivity contribution is 5.80. The van der Waals surface area contributed by atoms with E-state index in [0.717, 1.165) is 12.0 Å². The highest BCUT2D eigenvalue weighted by atomic mass is 19.1. The molecule has 0 aromatic heterocycles. The van der Waals surface area contributed by atoms with Gasteiger partial charge in [-0.1, -0.05) is 19.3 Å². The molecule has 1 saturated carbocycles. The molecule has 2 N–H and O–H groups in total. The van der Waals surface area contributed by atoms with Crippen LogP contribution in [0.3, 0.4) is 0 Å². The van der Waals surface area contributed by atoms with Crippen molar-refractivity contribution in [3.63, 3.8) is 0 Å². The lowest BCUT2D eigenvalue weighted by atomic mass is 9.92. The fourth-order valence-electron chi connectivity index (χ4n) is 4.27. The molecule has 1 aromatic rings. The first kappa shape index (κ1) is 20.9. The number of nitrogens with zero attached hydrogens (tertiary/aromatic N) is 2. The molecule has 0 bridgehead atoms. The van der Waals surface area contributed by atoms with Gasteiger partial charge in [-0.3, -0.25) is 4.99 Å². The Labute approximate surface area is 168 Å². The van der Waals surface area contributed by atoms with E-state index < -0.39 is 0 Å². The highest BCUT2D eigenvalue weighted by Gasteiger charge is 2.26. The van der Waals surface area contributed by atoms with E-state index in [1.807, 2.05) is 6.92 Å². The maximum atomic E-state index is 13.0. The molecular formula is C22H35FN4O. The normalized spacial score (nSPS) is 21.3. The molecule has 1 unspecified atom stereocenters. The van der Waals surface area contributed by atoms with Gasteiger partial charge in [0.25, 0.3) is 0 Å². The third-order valence-electron chi connectivity index (χ3n) is 5.89. The van der Waals surface area contributed by atoms with Gasteiger partial charge < -0.3 is 20.3 Å². The minimum atomic E-state index is -0.253. The molecule has 0 amide bonds. The van der Waals surface area contributed by atoms with E-state index in [4.69, 9.17) is 4.74 Å². The molecule has 1 aromatic carbocycles. The number of ether oxygens (including phenoxy) is 1. The smallest absolute Gasteiger partial charge is 0.191 e. The van der Waals surface area contributed by atoms with Gasteiger partial charge in [0.1, 0.15) is 17.7 Å². The minimum Gasteiger partial charge on any atom is -0.489 e. The topological polar surface area (TPSA) is 48.9 Å². The molecule has 0 radical (unpaired) electrons. The van der Waals surface area contributed by atoms with Crippen LogP contribution in [0, 0.1) is 5.82 Å². The molecule has 28 heavy (non-hydrogen) atoms. The zero-order valence-electron chi connectivity index (χ0n) is 17.3. The van der Waals surface area contributed by atoms with Crippen molar-refractivity contribution in [3.05, 3.63) is 30.1 Å². The van der Waals surface area contributed by atoms with Gasteiger partial charge >= 0.3 is 0 Å². The van der Waals surface area contributed by atoms with Crippen LogP contribution in [0.5, 0.6) is 5.75 Å². The Morgan fingerprint density at radius 1 is 1.14 bits per heavy atom. The van der Waals surface area contributed by atoms with Crippen LogP contribution in [-0.4, -0.2) is 55.7 Å². The molecule has 1 aliphatic carbocycles. The van der Waals surface area contributed by atoms with Crippen LogP contribution in [0.15, 0.2) is 29.3 Å². The fraction of sp³-hybridized carbons (Fsp3) is 0.682. The van der Waals surface area contributed by atoms with Crippen LogP contribution in [0.1, 0.15) is 51.9 Å². The van der Waals surface area contributed by atoms with Crippen molar-refractivity contribution in [2.45, 2.75) is 70.1 Å². The predicted molar refractivity (Wildman–Crippen MR) is 112 cm³/mol. The number of rotatable bonds is 6. The lowest BCUT2D eigenvalue weighted by Gasteiger charge is -2.39. The largest absolute Gasteiger partial charge is 0.489 e. The van der Waals surface area contributed by atoms with Crippen LogP contribution in [0.4, 0.5) is 4.39 Å². The fourth-order valence-corrected chi connectivity index (χ4v) is 4.27. The van der Waals surface area contributed by atoms with E-state index in [2.05, 4.69) is 20.5 Å². The van der Waals surface area contributed by atoms with Crippen molar-refractivity contribution in [1.82, 2.24) is 15.5 Å². The lowest BCUT2D eigenvalue weighted by Crippen LogP contribution is -2.51.